The van der Waals surface area contributed by atoms with Crippen LogP contribution in [0, 0.1) is 3.57 Å². The van der Waals surface area contributed by atoms with Crippen LogP contribution >= 0.6 is 34.2 Å². The molecule has 1 rings (SSSR count). The van der Waals surface area contributed by atoms with Crippen LogP contribution in [0.1, 0.15) is 6.42 Å². The third-order valence-electron chi connectivity index (χ3n) is 1.45. The van der Waals surface area contributed by atoms with Gasteiger partial charge in [-0.3, -0.25) is 0 Å². The van der Waals surface area contributed by atoms with Crippen molar-refractivity contribution in [2.24, 2.45) is 0 Å². The normalized spacial score (nSPS) is 10.1. The van der Waals surface area contributed by atoms with Crippen LogP contribution in [0.2, 0.25) is 5.02 Å². The van der Waals surface area contributed by atoms with E-state index in [-0.39, 0.29) is 6.61 Å². The van der Waals surface area contributed by atoms with Gasteiger partial charge >= 0.3 is 0 Å². The highest BCUT2D eigenvalue weighted by atomic mass is 127. The van der Waals surface area contributed by atoms with Crippen LogP contribution < -0.4 is 4.74 Å². The zero-order valence-corrected chi connectivity index (χ0v) is 9.88. The fourth-order valence-corrected chi connectivity index (χ4v) is 1.47. The highest BCUT2D eigenvalue weighted by Gasteiger charge is 2.01. The Morgan fingerprint density at radius 2 is 2.23 bits per heavy atom. The van der Waals surface area contributed by atoms with Crippen LogP contribution in [0.4, 0.5) is 0 Å². The first kappa shape index (κ1) is 11.1. The summed E-state index contributed by atoms with van der Waals surface area (Å²) in [7, 11) is 0. The molecule has 0 aromatic heterocycles. The Kier molecular flexibility index (Phi) is 4.83. The number of ether oxygens (including phenoxy) is 1. The van der Waals surface area contributed by atoms with E-state index in [9.17, 15) is 0 Å². The molecule has 0 unspecified atom stereocenters. The topological polar surface area (TPSA) is 29.5 Å². The monoisotopic (exact) mass is 312 g/mol. The Balaban J connectivity index is 2.59. The molecule has 4 heteroatoms. The average molecular weight is 313 g/mol. The molecule has 0 radical (unpaired) electrons. The summed E-state index contributed by atoms with van der Waals surface area (Å²) >= 11 is 8.08. The molecule has 0 heterocycles. The van der Waals surface area contributed by atoms with Crippen molar-refractivity contribution >= 4 is 34.2 Å². The van der Waals surface area contributed by atoms with E-state index in [0.29, 0.717) is 23.8 Å². The summed E-state index contributed by atoms with van der Waals surface area (Å²) in [6, 6.07) is 5.60. The van der Waals surface area contributed by atoms with Crippen LogP contribution in [-0.4, -0.2) is 18.3 Å². The van der Waals surface area contributed by atoms with Gasteiger partial charge in [-0.2, -0.15) is 0 Å². The van der Waals surface area contributed by atoms with Gasteiger partial charge in [-0.05, 0) is 40.8 Å². The Labute approximate surface area is 96.0 Å². The molecular weight excluding hydrogens is 302 g/mol. The molecule has 0 bridgehead atoms. The third kappa shape index (κ3) is 3.70. The maximum atomic E-state index is 8.55. The molecule has 0 amide bonds. The van der Waals surface area contributed by atoms with Crippen molar-refractivity contribution < 1.29 is 9.84 Å². The second-order valence-electron chi connectivity index (χ2n) is 2.50. The lowest BCUT2D eigenvalue weighted by molar-refractivity contribution is 0.233. The summed E-state index contributed by atoms with van der Waals surface area (Å²) in [6.45, 7) is 0.637. The first-order valence-corrected chi connectivity index (χ1v) is 5.38. The average Bonchev–Trinajstić information content (AvgIpc) is 2.11. The summed E-state index contributed by atoms with van der Waals surface area (Å²) in [4.78, 5) is 0. The molecule has 2 nitrogen and oxygen atoms in total. The summed E-state index contributed by atoms with van der Waals surface area (Å²) in [5.74, 6) is 0.682. The highest BCUT2D eigenvalue weighted by molar-refractivity contribution is 14.1. The van der Waals surface area contributed by atoms with Gasteiger partial charge in [0.05, 0.1) is 11.6 Å². The number of benzene rings is 1. The zero-order valence-electron chi connectivity index (χ0n) is 6.96. The molecule has 0 aliphatic carbocycles. The van der Waals surface area contributed by atoms with Gasteiger partial charge in [-0.25, -0.2) is 0 Å². The quantitative estimate of drug-likeness (QED) is 0.684. The lowest BCUT2D eigenvalue weighted by Gasteiger charge is -2.06. The number of aliphatic hydroxyl groups is 1. The Bertz CT molecular complexity index is 278. The number of rotatable bonds is 4. The van der Waals surface area contributed by atoms with Crippen molar-refractivity contribution in [3.05, 3.63) is 26.8 Å². The molecule has 0 fully saturated rings. The van der Waals surface area contributed by atoms with Crippen molar-refractivity contribution in [1.29, 1.82) is 0 Å². The van der Waals surface area contributed by atoms with E-state index in [2.05, 4.69) is 22.6 Å². The molecule has 1 N–H and O–H groups in total. The SMILES string of the molecule is OCCCOc1cc(I)ccc1Cl. The maximum absolute atomic E-state index is 8.55. The van der Waals surface area contributed by atoms with Crippen LogP contribution in [0.3, 0.4) is 0 Å². The van der Waals surface area contributed by atoms with Crippen LogP contribution in [0.5, 0.6) is 5.75 Å². The molecule has 0 saturated heterocycles. The Morgan fingerprint density at radius 1 is 1.46 bits per heavy atom. The van der Waals surface area contributed by atoms with E-state index in [4.69, 9.17) is 21.4 Å². The van der Waals surface area contributed by atoms with Gasteiger partial charge in [-0.1, -0.05) is 11.6 Å². The highest BCUT2D eigenvalue weighted by Crippen LogP contribution is 2.26. The van der Waals surface area contributed by atoms with Crippen molar-refractivity contribution in [1.82, 2.24) is 0 Å². The molecule has 0 aliphatic heterocycles. The summed E-state index contributed by atoms with van der Waals surface area (Å²) < 4.78 is 6.45. The Hall–Kier alpha value is -0.0000000000000000555. The first-order chi connectivity index (χ1) is 6.24. The number of hydrogen-bond donors (Lipinski definition) is 1. The molecule has 13 heavy (non-hydrogen) atoms. The van der Waals surface area contributed by atoms with Crippen LogP contribution in [-0.2, 0) is 0 Å². The second-order valence-corrected chi connectivity index (χ2v) is 4.15. The van der Waals surface area contributed by atoms with Gasteiger partial charge in [0.15, 0.2) is 0 Å². The third-order valence-corrected chi connectivity index (χ3v) is 2.44. The van der Waals surface area contributed by atoms with Gasteiger partial charge in [-0.15, -0.1) is 0 Å². The lowest BCUT2D eigenvalue weighted by Crippen LogP contribution is -2.00. The molecular formula is C9H10ClIO2. The molecule has 0 aliphatic rings. The fourth-order valence-electron chi connectivity index (χ4n) is 0.834. The van der Waals surface area contributed by atoms with Crippen LogP contribution in [0.15, 0.2) is 18.2 Å². The number of halogens is 2. The van der Waals surface area contributed by atoms with Crippen LogP contribution in [0.25, 0.3) is 0 Å². The van der Waals surface area contributed by atoms with Crippen molar-refractivity contribution in [2.75, 3.05) is 13.2 Å². The van der Waals surface area contributed by atoms with Gasteiger partial charge in [0, 0.05) is 16.6 Å². The lowest BCUT2D eigenvalue weighted by atomic mass is 10.3. The van der Waals surface area contributed by atoms with Crippen molar-refractivity contribution in [3.63, 3.8) is 0 Å². The smallest absolute Gasteiger partial charge is 0.138 e. The van der Waals surface area contributed by atoms with E-state index in [0.717, 1.165) is 3.57 Å². The minimum absolute atomic E-state index is 0.140. The fraction of sp³-hybridized carbons (Fsp3) is 0.333. The van der Waals surface area contributed by atoms with Gasteiger partial charge in [0.25, 0.3) is 0 Å². The van der Waals surface area contributed by atoms with Crippen molar-refractivity contribution in [3.8, 4) is 5.75 Å². The van der Waals surface area contributed by atoms with E-state index in [1.54, 1.807) is 6.07 Å². The second kappa shape index (κ2) is 5.67. The number of hydrogen-bond acceptors (Lipinski definition) is 2. The summed E-state index contributed by atoms with van der Waals surface area (Å²) in [5.41, 5.74) is 0. The van der Waals surface area contributed by atoms with Gasteiger partial charge in [0.1, 0.15) is 5.75 Å². The predicted molar refractivity (Wildman–Crippen MR) is 61.4 cm³/mol. The van der Waals surface area contributed by atoms with Gasteiger partial charge in [0.2, 0.25) is 0 Å². The standard InChI is InChI=1S/C9H10ClIO2/c10-8-3-2-7(11)6-9(8)13-5-1-4-12/h2-3,6,12H,1,4-5H2. The summed E-state index contributed by atoms with van der Waals surface area (Å²) in [6.07, 6.45) is 0.627. The minimum atomic E-state index is 0.140. The van der Waals surface area contributed by atoms with E-state index < -0.39 is 0 Å². The summed E-state index contributed by atoms with van der Waals surface area (Å²) in [5, 5.41) is 9.16. The molecule has 72 valence electrons. The maximum Gasteiger partial charge on any atom is 0.138 e. The molecule has 1 aromatic rings. The molecule has 1 aromatic carbocycles. The van der Waals surface area contributed by atoms with E-state index in [1.165, 1.54) is 0 Å². The molecule has 0 saturated carbocycles. The number of aliphatic hydroxyl groups excluding tert-OH is 1. The molecule has 0 spiro atoms. The molecule has 0 atom stereocenters. The van der Waals surface area contributed by atoms with Gasteiger partial charge < -0.3 is 9.84 Å². The van der Waals surface area contributed by atoms with E-state index >= 15 is 0 Å². The van der Waals surface area contributed by atoms with E-state index in [1.807, 2.05) is 12.1 Å². The largest absolute Gasteiger partial charge is 0.492 e. The Morgan fingerprint density at radius 3 is 2.92 bits per heavy atom. The van der Waals surface area contributed by atoms with Crippen molar-refractivity contribution in [2.45, 2.75) is 6.42 Å². The zero-order chi connectivity index (χ0) is 9.68. The first-order valence-electron chi connectivity index (χ1n) is 3.93. The minimum Gasteiger partial charge on any atom is -0.492 e. The predicted octanol–water partition coefficient (Wildman–Crippen LogP) is 2.71.